The fourth-order valence-electron chi connectivity index (χ4n) is 2.34. The molecule has 2 fully saturated rings. The van der Waals surface area contributed by atoms with Crippen LogP contribution in [0.15, 0.2) is 0 Å². The van der Waals surface area contributed by atoms with Crippen LogP contribution in [0.1, 0.15) is 12.8 Å². The summed E-state index contributed by atoms with van der Waals surface area (Å²) < 4.78 is 10.1. The Balaban J connectivity index is 2.18. The van der Waals surface area contributed by atoms with E-state index in [-0.39, 0.29) is 6.42 Å². The first-order valence-corrected chi connectivity index (χ1v) is 4.66. The van der Waals surface area contributed by atoms with Crippen molar-refractivity contribution in [3.63, 3.8) is 0 Å². The van der Waals surface area contributed by atoms with E-state index < -0.39 is 30.8 Å². The van der Waals surface area contributed by atoms with Gasteiger partial charge < -0.3 is 34.9 Å². The van der Waals surface area contributed by atoms with E-state index in [0.717, 1.165) is 0 Å². The molecule has 2 aliphatic rings. The zero-order chi connectivity index (χ0) is 11.3. The molecule has 0 amide bonds. The maximum absolute atomic E-state index is 9.27. The minimum absolute atomic E-state index is 0.316. The summed E-state index contributed by atoms with van der Waals surface area (Å²) >= 11 is 0. The predicted molar refractivity (Wildman–Crippen MR) is 46.1 cm³/mol. The normalized spacial score (nSPS) is 34.6. The van der Waals surface area contributed by atoms with Gasteiger partial charge in [-0.05, 0) is 6.32 Å². The molecule has 86 valence electrons. The van der Waals surface area contributed by atoms with Gasteiger partial charge in [0.1, 0.15) is 0 Å². The maximum atomic E-state index is 9.27. The third-order valence-corrected chi connectivity index (χ3v) is 2.75. The molecule has 8 heteroatoms. The fraction of sp³-hybridized carbons (Fsp3) is 1.00. The zero-order valence-corrected chi connectivity index (χ0v) is 7.96. The molecule has 0 saturated carbocycles. The molecule has 1 unspecified atom stereocenters. The highest BCUT2D eigenvalue weighted by molar-refractivity contribution is 6.57. The first-order chi connectivity index (χ1) is 6.73. The molecule has 0 bridgehead atoms. The van der Waals surface area contributed by atoms with Gasteiger partial charge in [-0.25, -0.2) is 0 Å². The van der Waals surface area contributed by atoms with Crippen molar-refractivity contribution in [1.82, 2.24) is 0 Å². The lowest BCUT2D eigenvalue weighted by atomic mass is 9.51. The van der Waals surface area contributed by atoms with E-state index in [1.54, 1.807) is 0 Å². The summed E-state index contributed by atoms with van der Waals surface area (Å²) in [7, 11) is 0. The molecule has 2 heterocycles. The highest BCUT2D eigenvalue weighted by Crippen LogP contribution is 2.45. The van der Waals surface area contributed by atoms with Gasteiger partial charge in [0.25, 0.3) is 11.9 Å². The molecule has 0 aliphatic carbocycles. The van der Waals surface area contributed by atoms with Crippen molar-refractivity contribution in [3.8, 4) is 0 Å². The summed E-state index contributed by atoms with van der Waals surface area (Å²) in [6, 6.07) is 0. The van der Waals surface area contributed by atoms with Crippen molar-refractivity contribution in [2.24, 2.45) is 0 Å². The quantitative estimate of drug-likeness (QED) is 0.255. The summed E-state index contributed by atoms with van der Waals surface area (Å²) in [4.78, 5) is 0. The van der Waals surface area contributed by atoms with Crippen LogP contribution >= 0.6 is 0 Å². The van der Waals surface area contributed by atoms with Gasteiger partial charge in [0.2, 0.25) is 0 Å². The van der Waals surface area contributed by atoms with Crippen molar-refractivity contribution in [2.45, 2.75) is 36.6 Å². The molecule has 2 saturated heterocycles. The minimum atomic E-state index is -2.91. The van der Waals surface area contributed by atoms with Gasteiger partial charge in [0, 0.05) is 6.61 Å². The van der Waals surface area contributed by atoms with Gasteiger partial charge in [-0.1, -0.05) is 0 Å². The van der Waals surface area contributed by atoms with E-state index in [2.05, 4.69) is 0 Å². The molecule has 0 aromatic heterocycles. The summed E-state index contributed by atoms with van der Waals surface area (Å²) in [5.74, 6) is -5.25. The SMILES string of the molecule is OC(O)(O)CC12CC(O)(O)OB1CCO2. The van der Waals surface area contributed by atoms with Gasteiger partial charge in [0.05, 0.1) is 18.3 Å². The van der Waals surface area contributed by atoms with Crippen molar-refractivity contribution in [3.05, 3.63) is 0 Å². The lowest BCUT2D eigenvalue weighted by molar-refractivity contribution is -0.333. The van der Waals surface area contributed by atoms with Crippen LogP contribution in [0.25, 0.3) is 0 Å². The summed E-state index contributed by atoms with van der Waals surface area (Å²) in [5.41, 5.74) is -1.25. The predicted octanol–water partition coefficient (Wildman–Crippen LogP) is -2.63. The van der Waals surface area contributed by atoms with Gasteiger partial charge >= 0.3 is 6.92 Å². The first-order valence-electron chi connectivity index (χ1n) is 4.66. The molecule has 0 aromatic rings. The molecule has 5 N–H and O–H groups in total. The summed E-state index contributed by atoms with van der Waals surface area (Å²) in [6.07, 6.45) is -0.458. The van der Waals surface area contributed by atoms with Crippen LogP contribution in [0.3, 0.4) is 0 Å². The number of fused-ring (bicyclic) bond motifs is 1. The Labute approximate surface area is 86.0 Å². The van der Waals surface area contributed by atoms with E-state index in [1.165, 1.54) is 0 Å². The van der Waals surface area contributed by atoms with Crippen molar-refractivity contribution in [1.29, 1.82) is 0 Å². The Bertz CT molecular complexity index is 263. The van der Waals surface area contributed by atoms with Crippen molar-refractivity contribution < 1.29 is 34.9 Å². The molecular formula is C7H13BO7. The van der Waals surface area contributed by atoms with Crippen LogP contribution in [0, 0.1) is 0 Å². The van der Waals surface area contributed by atoms with Crippen LogP contribution in [-0.2, 0) is 9.39 Å². The lowest BCUT2D eigenvalue weighted by Crippen LogP contribution is -2.47. The van der Waals surface area contributed by atoms with Gasteiger partial charge in [-0.3, -0.25) is 0 Å². The highest BCUT2D eigenvalue weighted by atomic mass is 16.8. The molecule has 1 atom stereocenters. The average Bonchev–Trinajstić information content (AvgIpc) is 2.34. The monoisotopic (exact) mass is 220 g/mol. The second kappa shape index (κ2) is 3.14. The van der Waals surface area contributed by atoms with Gasteiger partial charge in [0.15, 0.2) is 0 Å². The molecule has 0 spiro atoms. The smallest absolute Gasteiger partial charge is 0.335 e. The van der Waals surface area contributed by atoms with Crippen molar-refractivity contribution in [2.75, 3.05) is 6.61 Å². The summed E-state index contributed by atoms with van der Waals surface area (Å²) in [5, 5.41) is 45.2. The van der Waals surface area contributed by atoms with Crippen LogP contribution < -0.4 is 0 Å². The first kappa shape index (κ1) is 11.3. The Kier molecular flexibility index (Phi) is 2.36. The number of hydrogen-bond donors (Lipinski definition) is 5. The fourth-order valence-corrected chi connectivity index (χ4v) is 2.34. The number of hydrogen-bond acceptors (Lipinski definition) is 7. The standard InChI is InChI=1S/C7H13BO7/c9-6(10,11)3-5-4-7(12,13)15-8(5)1-2-14-5/h9-13H,1-4H2. The van der Waals surface area contributed by atoms with Gasteiger partial charge in [-0.2, -0.15) is 0 Å². The Morgan fingerprint density at radius 1 is 1.27 bits per heavy atom. The van der Waals surface area contributed by atoms with Crippen LogP contribution in [0.4, 0.5) is 0 Å². The molecule has 2 rings (SSSR count). The molecule has 7 nitrogen and oxygen atoms in total. The maximum Gasteiger partial charge on any atom is 0.335 e. The van der Waals surface area contributed by atoms with Crippen molar-refractivity contribution >= 4 is 6.92 Å². The average molecular weight is 220 g/mol. The molecule has 0 radical (unpaired) electrons. The Morgan fingerprint density at radius 2 is 1.93 bits per heavy atom. The molecule has 0 aromatic carbocycles. The van der Waals surface area contributed by atoms with Gasteiger partial charge in [-0.15, -0.1) is 0 Å². The molecule has 2 aliphatic heterocycles. The van der Waals surface area contributed by atoms with E-state index >= 15 is 0 Å². The van der Waals surface area contributed by atoms with Crippen LogP contribution in [0.2, 0.25) is 6.32 Å². The van der Waals surface area contributed by atoms with E-state index in [0.29, 0.717) is 12.9 Å². The topological polar surface area (TPSA) is 120 Å². The largest absolute Gasteiger partial charge is 0.386 e. The van der Waals surface area contributed by atoms with E-state index in [9.17, 15) is 10.2 Å². The van der Waals surface area contributed by atoms with Crippen LogP contribution in [0.5, 0.6) is 0 Å². The number of ether oxygens (including phenoxy) is 1. The Morgan fingerprint density at radius 3 is 2.53 bits per heavy atom. The van der Waals surface area contributed by atoms with E-state index in [1.807, 2.05) is 0 Å². The minimum Gasteiger partial charge on any atom is -0.386 e. The molecule has 15 heavy (non-hydrogen) atoms. The third kappa shape index (κ3) is 2.16. The highest BCUT2D eigenvalue weighted by Gasteiger charge is 2.63. The van der Waals surface area contributed by atoms with Crippen LogP contribution in [-0.4, -0.2) is 56.5 Å². The molecular weight excluding hydrogens is 207 g/mol. The Hall–Kier alpha value is -0.215. The number of rotatable bonds is 2. The zero-order valence-electron chi connectivity index (χ0n) is 7.96. The lowest BCUT2D eigenvalue weighted by Gasteiger charge is -2.29. The van der Waals surface area contributed by atoms with E-state index in [4.69, 9.17) is 24.7 Å². The second-order valence-electron chi connectivity index (χ2n) is 4.18. The third-order valence-electron chi connectivity index (χ3n) is 2.75. The second-order valence-corrected chi connectivity index (χ2v) is 4.18. The summed E-state index contributed by atoms with van der Waals surface area (Å²) in [6.45, 7) is -0.338. The number of aliphatic hydroxyl groups is 5.